The van der Waals surface area contributed by atoms with E-state index in [0.29, 0.717) is 4.47 Å². The second kappa shape index (κ2) is 7.32. The van der Waals surface area contributed by atoms with Gasteiger partial charge in [-0.25, -0.2) is 9.59 Å². The van der Waals surface area contributed by atoms with Crippen LogP contribution in [-0.4, -0.2) is 39.5 Å². The maximum atomic E-state index is 12.4. The van der Waals surface area contributed by atoms with E-state index in [1.54, 1.807) is 0 Å². The van der Waals surface area contributed by atoms with E-state index in [0.717, 1.165) is 0 Å². The van der Waals surface area contributed by atoms with Crippen molar-refractivity contribution >= 4 is 44.6 Å². The molecule has 1 aromatic rings. The average Bonchev–Trinajstić information content (AvgIpc) is 2.44. The predicted octanol–water partition coefficient (Wildman–Crippen LogP) is 1.10. The van der Waals surface area contributed by atoms with E-state index in [2.05, 4.69) is 21.2 Å². The van der Waals surface area contributed by atoms with Crippen molar-refractivity contribution in [1.82, 2.24) is 10.6 Å². The Labute approximate surface area is 131 Å². The van der Waals surface area contributed by atoms with Crippen LogP contribution in [-0.2, 0) is 15.6 Å². The van der Waals surface area contributed by atoms with Gasteiger partial charge in [-0.05, 0) is 25.1 Å². The maximum Gasteiger partial charge on any atom is 0.336 e. The molecule has 0 heterocycles. The molecule has 0 fully saturated rings. The van der Waals surface area contributed by atoms with Crippen molar-refractivity contribution in [2.75, 3.05) is 7.05 Å². The number of rotatable bonds is 4. The third-order valence-corrected chi connectivity index (χ3v) is 4.67. The van der Waals surface area contributed by atoms with E-state index in [4.69, 9.17) is 5.11 Å². The lowest BCUT2D eigenvalue weighted by Gasteiger charge is -2.13. The van der Waals surface area contributed by atoms with E-state index in [-0.39, 0.29) is 10.5 Å². The zero-order valence-electron chi connectivity index (χ0n) is 11.2. The van der Waals surface area contributed by atoms with E-state index >= 15 is 0 Å². The Balaban J connectivity index is 3.08. The number of carboxylic acid groups (broad SMARTS) is 1. The van der Waals surface area contributed by atoms with Gasteiger partial charge in [-0.3, -0.25) is 14.3 Å². The minimum atomic E-state index is -1.92. The molecular weight excluding hydrogens is 364 g/mol. The molecule has 7 nitrogen and oxygen atoms in total. The first kappa shape index (κ1) is 17.3. The van der Waals surface area contributed by atoms with Crippen LogP contribution in [0.1, 0.15) is 17.3 Å². The first-order valence-electron chi connectivity index (χ1n) is 5.74. The van der Waals surface area contributed by atoms with Gasteiger partial charge in [0.2, 0.25) is 5.91 Å². The highest BCUT2D eigenvalue weighted by atomic mass is 79.9. The van der Waals surface area contributed by atoms with Gasteiger partial charge in [0.15, 0.2) is 0 Å². The number of aromatic carboxylic acids is 1. The zero-order valence-corrected chi connectivity index (χ0v) is 13.6. The number of hydrogen-bond donors (Lipinski definition) is 3. The van der Waals surface area contributed by atoms with Crippen molar-refractivity contribution in [3.8, 4) is 0 Å². The van der Waals surface area contributed by atoms with Gasteiger partial charge in [-0.1, -0.05) is 15.9 Å². The van der Waals surface area contributed by atoms with E-state index in [9.17, 15) is 18.6 Å². The Morgan fingerprint density at radius 3 is 2.48 bits per heavy atom. The monoisotopic (exact) mass is 376 g/mol. The highest BCUT2D eigenvalue weighted by Gasteiger charge is 2.26. The smallest absolute Gasteiger partial charge is 0.336 e. The molecule has 1 rings (SSSR count). The molecule has 1 aromatic carbocycles. The standard InChI is InChI=1S/C12H13BrN2O5S/c1-6(10(16)15-12(19)14-2)21(20)9-5-7(13)3-4-8(9)11(17)18/h3-6H,1-2H3,(H,17,18)(H2,14,15,16,19). The molecule has 0 spiro atoms. The maximum absolute atomic E-state index is 12.4. The molecule has 114 valence electrons. The number of amides is 3. The predicted molar refractivity (Wildman–Crippen MR) is 79.6 cm³/mol. The molecule has 0 aliphatic heterocycles. The number of carbonyl (C=O) groups excluding carboxylic acids is 2. The van der Waals surface area contributed by atoms with Crippen molar-refractivity contribution < 1.29 is 23.7 Å². The molecule has 3 amide bonds. The summed E-state index contributed by atoms with van der Waals surface area (Å²) in [4.78, 5) is 34.0. The van der Waals surface area contributed by atoms with Crippen molar-refractivity contribution in [1.29, 1.82) is 0 Å². The molecule has 0 saturated carbocycles. The van der Waals surface area contributed by atoms with Crippen LogP contribution >= 0.6 is 15.9 Å². The molecule has 2 atom stereocenters. The van der Waals surface area contributed by atoms with Crippen LogP contribution in [0.15, 0.2) is 27.6 Å². The first-order valence-corrected chi connectivity index (χ1v) is 7.74. The van der Waals surface area contributed by atoms with Crippen LogP contribution in [0.2, 0.25) is 0 Å². The summed E-state index contributed by atoms with van der Waals surface area (Å²) in [6.07, 6.45) is 0. The van der Waals surface area contributed by atoms with Gasteiger partial charge in [0.25, 0.3) is 0 Å². The Kier molecular flexibility index (Phi) is 6.03. The first-order chi connectivity index (χ1) is 9.77. The number of nitrogens with one attached hydrogen (secondary N) is 2. The van der Waals surface area contributed by atoms with E-state index in [1.807, 2.05) is 5.32 Å². The van der Waals surface area contributed by atoms with Crippen LogP contribution in [0.25, 0.3) is 0 Å². The van der Waals surface area contributed by atoms with Gasteiger partial charge in [-0.15, -0.1) is 0 Å². The Morgan fingerprint density at radius 2 is 1.95 bits per heavy atom. The summed E-state index contributed by atoms with van der Waals surface area (Å²) in [6.45, 7) is 1.35. The number of hydrogen-bond acceptors (Lipinski definition) is 4. The number of halogens is 1. The summed E-state index contributed by atoms with van der Waals surface area (Å²) < 4.78 is 12.9. The molecule has 0 aliphatic carbocycles. The number of imide groups is 1. The minimum Gasteiger partial charge on any atom is -0.478 e. The minimum absolute atomic E-state index is 0.0106. The van der Waals surface area contributed by atoms with Gasteiger partial charge in [0.05, 0.1) is 21.3 Å². The summed E-state index contributed by atoms with van der Waals surface area (Å²) in [7, 11) is -0.588. The van der Waals surface area contributed by atoms with Gasteiger partial charge in [0.1, 0.15) is 5.25 Å². The number of carbonyl (C=O) groups is 3. The van der Waals surface area contributed by atoms with E-state index in [1.165, 1.54) is 32.2 Å². The third kappa shape index (κ3) is 4.36. The Hall–Kier alpha value is -1.74. The fourth-order valence-corrected chi connectivity index (χ4v) is 3.17. The van der Waals surface area contributed by atoms with Gasteiger partial charge < -0.3 is 10.4 Å². The lowest BCUT2D eigenvalue weighted by molar-refractivity contribution is -0.119. The molecular formula is C12H13BrN2O5S. The zero-order chi connectivity index (χ0) is 16.2. The van der Waals surface area contributed by atoms with Crippen LogP contribution in [0.4, 0.5) is 4.79 Å². The molecule has 9 heteroatoms. The second-order valence-electron chi connectivity index (χ2n) is 3.95. The van der Waals surface area contributed by atoms with Crippen LogP contribution < -0.4 is 10.6 Å². The van der Waals surface area contributed by atoms with Crippen LogP contribution in [0, 0.1) is 0 Å². The molecule has 21 heavy (non-hydrogen) atoms. The fourth-order valence-electron chi connectivity index (χ4n) is 1.40. The van der Waals surface area contributed by atoms with Gasteiger partial charge >= 0.3 is 12.0 Å². The van der Waals surface area contributed by atoms with Gasteiger partial charge in [-0.2, -0.15) is 0 Å². The van der Waals surface area contributed by atoms with Crippen LogP contribution in [0.3, 0.4) is 0 Å². The third-order valence-electron chi connectivity index (χ3n) is 2.54. The normalized spacial score (nSPS) is 13.1. The molecule has 0 aromatic heterocycles. The second-order valence-corrected chi connectivity index (χ2v) is 6.61. The largest absolute Gasteiger partial charge is 0.478 e. The molecule has 0 saturated heterocycles. The molecule has 2 unspecified atom stereocenters. The number of urea groups is 1. The van der Waals surface area contributed by atoms with Crippen molar-refractivity contribution in [2.24, 2.45) is 0 Å². The van der Waals surface area contributed by atoms with Crippen molar-refractivity contribution in [3.63, 3.8) is 0 Å². The Bertz CT molecular complexity index is 620. The summed E-state index contributed by atoms with van der Waals surface area (Å²) in [5.41, 5.74) is -0.156. The highest BCUT2D eigenvalue weighted by Crippen LogP contribution is 2.22. The molecule has 3 N–H and O–H groups in total. The number of benzene rings is 1. The summed E-state index contributed by atoms with van der Waals surface area (Å²) >= 11 is 3.16. The topological polar surface area (TPSA) is 113 Å². The molecule has 0 radical (unpaired) electrons. The van der Waals surface area contributed by atoms with Crippen molar-refractivity contribution in [2.45, 2.75) is 17.1 Å². The quantitative estimate of drug-likeness (QED) is 0.728. The van der Waals surface area contributed by atoms with E-state index < -0.39 is 34.0 Å². The summed E-state index contributed by atoms with van der Waals surface area (Å²) in [6, 6.07) is 3.45. The van der Waals surface area contributed by atoms with Gasteiger partial charge in [0, 0.05) is 11.5 Å². The number of carboxylic acids is 1. The fraction of sp³-hybridized carbons (Fsp3) is 0.250. The summed E-state index contributed by atoms with van der Waals surface area (Å²) in [5, 5.41) is 12.2. The van der Waals surface area contributed by atoms with Crippen molar-refractivity contribution in [3.05, 3.63) is 28.2 Å². The lowest BCUT2D eigenvalue weighted by atomic mass is 10.2. The molecule has 0 aliphatic rings. The highest BCUT2D eigenvalue weighted by molar-refractivity contribution is 9.10. The SMILES string of the molecule is CNC(=O)NC(=O)C(C)S(=O)c1cc(Br)ccc1C(=O)O. The lowest BCUT2D eigenvalue weighted by Crippen LogP contribution is -2.43. The summed E-state index contributed by atoms with van der Waals surface area (Å²) in [5.74, 6) is -2.01. The van der Waals surface area contributed by atoms with Crippen LogP contribution in [0.5, 0.6) is 0 Å². The Morgan fingerprint density at radius 1 is 1.33 bits per heavy atom. The average molecular weight is 377 g/mol. The molecule has 0 bridgehead atoms.